The number of benzene rings is 2. The molecule has 0 aromatic heterocycles. The zero-order chi connectivity index (χ0) is 15.2. The maximum Gasteiger partial charge on any atom is 0.251 e. The lowest BCUT2D eigenvalue weighted by Crippen LogP contribution is -2.18. The van der Waals surface area contributed by atoms with Crippen LogP contribution in [0.25, 0.3) is 0 Å². The van der Waals surface area contributed by atoms with Crippen molar-refractivity contribution in [2.75, 3.05) is 24.6 Å². The second kappa shape index (κ2) is 6.74. The van der Waals surface area contributed by atoms with E-state index in [2.05, 4.69) is 10.6 Å². The molecule has 2 aromatic rings. The molecule has 0 atom stereocenters. The fraction of sp³-hybridized carbons (Fsp3) is 0.188. The molecule has 110 valence electrons. The molecule has 0 unspecified atom stereocenters. The van der Waals surface area contributed by atoms with Gasteiger partial charge in [0.05, 0.1) is 11.4 Å². The largest absolute Gasteiger partial charge is 0.397 e. The van der Waals surface area contributed by atoms with Crippen molar-refractivity contribution in [3.63, 3.8) is 0 Å². The smallest absolute Gasteiger partial charge is 0.251 e. The minimum absolute atomic E-state index is 0.156. The van der Waals surface area contributed by atoms with Crippen LogP contribution in [-0.4, -0.2) is 19.5 Å². The molecule has 1 amide bonds. The third kappa shape index (κ3) is 3.95. The minimum atomic E-state index is -0.241. The van der Waals surface area contributed by atoms with E-state index in [9.17, 15) is 9.18 Å². The molecule has 0 radical (unpaired) electrons. The van der Waals surface area contributed by atoms with Crippen molar-refractivity contribution >= 4 is 17.3 Å². The van der Waals surface area contributed by atoms with Crippen LogP contribution in [0, 0.1) is 5.82 Å². The molecule has 0 saturated carbocycles. The average Bonchev–Trinajstić information content (AvgIpc) is 2.50. The van der Waals surface area contributed by atoms with Crippen molar-refractivity contribution < 1.29 is 9.18 Å². The first-order valence-electron chi connectivity index (χ1n) is 6.70. The standard InChI is InChI=1S/C16H18FN3O/c1-19-16(21)12-4-7-14(18)15(10-12)20-9-8-11-2-5-13(17)6-3-11/h2-7,10,20H,8-9,18H2,1H3,(H,19,21). The average molecular weight is 287 g/mol. The van der Waals surface area contributed by atoms with E-state index in [0.717, 1.165) is 17.7 Å². The molecule has 0 saturated heterocycles. The van der Waals surface area contributed by atoms with E-state index in [1.807, 2.05) is 0 Å². The maximum absolute atomic E-state index is 12.8. The van der Waals surface area contributed by atoms with Gasteiger partial charge in [0.2, 0.25) is 0 Å². The van der Waals surface area contributed by atoms with Gasteiger partial charge in [-0.15, -0.1) is 0 Å². The number of anilines is 2. The van der Waals surface area contributed by atoms with Crippen LogP contribution < -0.4 is 16.4 Å². The molecule has 0 aliphatic carbocycles. The van der Waals surface area contributed by atoms with Crippen molar-refractivity contribution in [2.24, 2.45) is 0 Å². The lowest BCUT2D eigenvalue weighted by molar-refractivity contribution is 0.0963. The number of carbonyl (C=O) groups excluding carboxylic acids is 1. The molecule has 4 nitrogen and oxygen atoms in total. The zero-order valence-electron chi connectivity index (χ0n) is 11.8. The number of nitrogens with two attached hydrogens (primary N) is 1. The molecule has 2 aromatic carbocycles. The summed E-state index contributed by atoms with van der Waals surface area (Å²) >= 11 is 0. The summed E-state index contributed by atoms with van der Waals surface area (Å²) in [4.78, 5) is 11.6. The van der Waals surface area contributed by atoms with Gasteiger partial charge in [-0.05, 0) is 42.3 Å². The molecule has 4 N–H and O–H groups in total. The van der Waals surface area contributed by atoms with Crippen molar-refractivity contribution in [1.82, 2.24) is 5.32 Å². The number of carbonyl (C=O) groups is 1. The van der Waals surface area contributed by atoms with Gasteiger partial charge in [-0.25, -0.2) is 4.39 Å². The van der Waals surface area contributed by atoms with Crippen LogP contribution in [0.3, 0.4) is 0 Å². The normalized spacial score (nSPS) is 10.2. The fourth-order valence-electron chi connectivity index (χ4n) is 1.99. The SMILES string of the molecule is CNC(=O)c1ccc(N)c(NCCc2ccc(F)cc2)c1. The Kier molecular flexibility index (Phi) is 4.77. The van der Waals surface area contributed by atoms with Crippen molar-refractivity contribution in [3.05, 3.63) is 59.4 Å². The highest BCUT2D eigenvalue weighted by molar-refractivity contribution is 5.96. The summed E-state index contributed by atoms with van der Waals surface area (Å²) in [6.07, 6.45) is 0.740. The number of hydrogen-bond donors (Lipinski definition) is 3. The molecule has 0 fully saturated rings. The first-order valence-corrected chi connectivity index (χ1v) is 6.70. The summed E-state index contributed by atoms with van der Waals surface area (Å²) in [5, 5.41) is 5.77. The Balaban J connectivity index is 1.99. The molecule has 0 bridgehead atoms. The van der Waals surface area contributed by atoms with Gasteiger partial charge in [0.25, 0.3) is 5.91 Å². The molecule has 0 heterocycles. The molecule has 5 heteroatoms. The van der Waals surface area contributed by atoms with Gasteiger partial charge in [-0.2, -0.15) is 0 Å². The Morgan fingerprint density at radius 3 is 2.57 bits per heavy atom. The van der Waals surface area contributed by atoms with Crippen LogP contribution in [0.15, 0.2) is 42.5 Å². The van der Waals surface area contributed by atoms with Crippen molar-refractivity contribution in [3.8, 4) is 0 Å². The zero-order valence-corrected chi connectivity index (χ0v) is 11.8. The van der Waals surface area contributed by atoms with Crippen LogP contribution in [-0.2, 0) is 6.42 Å². The van der Waals surface area contributed by atoms with Gasteiger partial charge in [0.1, 0.15) is 5.82 Å². The second-order valence-corrected chi connectivity index (χ2v) is 4.68. The Hall–Kier alpha value is -2.56. The summed E-state index contributed by atoms with van der Waals surface area (Å²) in [5.74, 6) is -0.397. The van der Waals surface area contributed by atoms with Crippen molar-refractivity contribution in [2.45, 2.75) is 6.42 Å². The maximum atomic E-state index is 12.8. The van der Waals surface area contributed by atoms with Gasteiger partial charge < -0.3 is 16.4 Å². The number of nitrogens with one attached hydrogen (secondary N) is 2. The Morgan fingerprint density at radius 1 is 1.19 bits per heavy atom. The topological polar surface area (TPSA) is 67.2 Å². The number of nitrogen functional groups attached to an aromatic ring is 1. The number of rotatable bonds is 5. The lowest BCUT2D eigenvalue weighted by Gasteiger charge is -2.11. The Labute approximate surface area is 123 Å². The van der Waals surface area contributed by atoms with E-state index >= 15 is 0 Å². The van der Waals surface area contributed by atoms with E-state index < -0.39 is 0 Å². The van der Waals surface area contributed by atoms with Gasteiger partial charge in [-0.1, -0.05) is 12.1 Å². The Bertz CT molecular complexity index is 626. The number of amides is 1. The van der Waals surface area contributed by atoms with E-state index in [1.165, 1.54) is 12.1 Å². The molecular formula is C16H18FN3O. The number of hydrogen-bond acceptors (Lipinski definition) is 3. The molecule has 0 aliphatic rings. The van der Waals surface area contributed by atoms with Crippen LogP contribution >= 0.6 is 0 Å². The summed E-state index contributed by atoms with van der Waals surface area (Å²) < 4.78 is 12.8. The van der Waals surface area contributed by atoms with Gasteiger partial charge in [0, 0.05) is 19.2 Å². The molecule has 0 spiro atoms. The first-order chi connectivity index (χ1) is 10.1. The third-order valence-electron chi connectivity index (χ3n) is 3.18. The second-order valence-electron chi connectivity index (χ2n) is 4.68. The summed E-state index contributed by atoms with van der Waals surface area (Å²) in [7, 11) is 1.58. The van der Waals surface area contributed by atoms with E-state index in [4.69, 9.17) is 5.73 Å². The molecule has 2 rings (SSSR count). The fourth-order valence-corrected chi connectivity index (χ4v) is 1.99. The quantitative estimate of drug-likeness (QED) is 0.740. The highest BCUT2D eigenvalue weighted by Crippen LogP contribution is 2.20. The Morgan fingerprint density at radius 2 is 1.90 bits per heavy atom. The van der Waals surface area contributed by atoms with Crippen molar-refractivity contribution in [1.29, 1.82) is 0 Å². The summed E-state index contributed by atoms with van der Waals surface area (Å²) in [6, 6.07) is 11.5. The lowest BCUT2D eigenvalue weighted by atomic mass is 10.1. The van der Waals surface area contributed by atoms with E-state index in [-0.39, 0.29) is 11.7 Å². The highest BCUT2D eigenvalue weighted by Gasteiger charge is 2.06. The predicted octanol–water partition coefficient (Wildman–Crippen LogP) is 2.42. The van der Waals surface area contributed by atoms with Gasteiger partial charge in [0.15, 0.2) is 0 Å². The first kappa shape index (κ1) is 14.8. The summed E-state index contributed by atoms with van der Waals surface area (Å²) in [5.41, 5.74) is 8.78. The molecule has 21 heavy (non-hydrogen) atoms. The van der Waals surface area contributed by atoms with E-state index in [1.54, 1.807) is 37.4 Å². The molecular weight excluding hydrogens is 269 g/mol. The predicted molar refractivity (Wildman–Crippen MR) is 82.8 cm³/mol. The summed E-state index contributed by atoms with van der Waals surface area (Å²) in [6.45, 7) is 0.646. The minimum Gasteiger partial charge on any atom is -0.397 e. The van der Waals surface area contributed by atoms with Gasteiger partial charge >= 0.3 is 0 Å². The van der Waals surface area contributed by atoms with Crippen LogP contribution in [0.1, 0.15) is 15.9 Å². The third-order valence-corrected chi connectivity index (χ3v) is 3.18. The molecule has 0 aliphatic heterocycles. The monoisotopic (exact) mass is 287 g/mol. The number of halogens is 1. The van der Waals surface area contributed by atoms with Crippen LogP contribution in [0.5, 0.6) is 0 Å². The van der Waals surface area contributed by atoms with Crippen LogP contribution in [0.4, 0.5) is 15.8 Å². The van der Waals surface area contributed by atoms with Crippen LogP contribution in [0.2, 0.25) is 0 Å². The highest BCUT2D eigenvalue weighted by atomic mass is 19.1. The van der Waals surface area contributed by atoms with Gasteiger partial charge in [-0.3, -0.25) is 4.79 Å². The van der Waals surface area contributed by atoms with E-state index in [0.29, 0.717) is 17.8 Å².